The van der Waals surface area contributed by atoms with Gasteiger partial charge in [-0.3, -0.25) is 9.59 Å². The van der Waals surface area contributed by atoms with E-state index in [9.17, 15) is 9.59 Å². The summed E-state index contributed by atoms with van der Waals surface area (Å²) in [5.41, 5.74) is 5.23. The molecule has 0 saturated carbocycles. The zero-order chi connectivity index (χ0) is 22.2. The minimum absolute atomic E-state index is 0.191. The Kier molecular flexibility index (Phi) is 7.68. The van der Waals surface area contributed by atoms with Crippen molar-refractivity contribution >= 4 is 29.4 Å². The molecular weight excluding hydrogens is 406 g/mol. The fraction of sp³-hybridized carbons (Fsp3) is 0.154. The summed E-state index contributed by atoms with van der Waals surface area (Å²) >= 11 is 0.934. The number of carbonyl (C=O) groups is 2. The molecule has 0 heterocycles. The van der Waals surface area contributed by atoms with Crippen LogP contribution < -0.4 is 4.74 Å². The van der Waals surface area contributed by atoms with Crippen molar-refractivity contribution in [1.82, 2.24) is 4.90 Å². The molecule has 0 aliphatic heterocycles. The first-order valence-corrected chi connectivity index (χ1v) is 10.7. The van der Waals surface area contributed by atoms with Crippen LogP contribution in [0.25, 0.3) is 17.2 Å². The molecule has 0 N–H and O–H groups in total. The zero-order valence-electron chi connectivity index (χ0n) is 17.9. The van der Waals surface area contributed by atoms with E-state index < -0.39 is 0 Å². The number of hydrogen-bond acceptors (Lipinski definition) is 4. The lowest BCUT2D eigenvalue weighted by atomic mass is 10.0. The minimum Gasteiger partial charge on any atom is -0.497 e. The van der Waals surface area contributed by atoms with Crippen molar-refractivity contribution in [3.63, 3.8) is 0 Å². The number of thioether (sulfide) groups is 1. The average Bonchev–Trinajstić information content (AvgIpc) is 2.79. The Balaban J connectivity index is 1.69. The van der Waals surface area contributed by atoms with E-state index in [1.165, 1.54) is 5.56 Å². The predicted molar refractivity (Wildman–Crippen MR) is 128 cm³/mol. The van der Waals surface area contributed by atoms with Crippen molar-refractivity contribution in [3.05, 3.63) is 94.4 Å². The maximum absolute atomic E-state index is 12.6. The van der Waals surface area contributed by atoms with E-state index in [0.717, 1.165) is 46.1 Å². The predicted octanol–water partition coefficient (Wildman–Crippen LogP) is 6.20. The Hall–Kier alpha value is -3.31. The number of rotatable bonds is 7. The molecule has 0 saturated heterocycles. The highest BCUT2D eigenvalue weighted by molar-refractivity contribution is 8.17. The van der Waals surface area contributed by atoms with Gasteiger partial charge in [-0.15, -0.1) is 0 Å². The fourth-order valence-corrected chi connectivity index (χ4v) is 3.72. The Labute approximate surface area is 187 Å². The summed E-state index contributed by atoms with van der Waals surface area (Å²) in [5.74, 6) is 0.770. The number of aldehydes is 1. The summed E-state index contributed by atoms with van der Waals surface area (Å²) in [4.78, 5) is 26.2. The van der Waals surface area contributed by atoms with Crippen LogP contribution in [-0.2, 0) is 11.3 Å². The van der Waals surface area contributed by atoms with E-state index in [0.29, 0.717) is 11.4 Å². The van der Waals surface area contributed by atoms with Crippen LogP contribution in [0.5, 0.6) is 5.75 Å². The molecule has 1 amide bonds. The Bertz CT molecular complexity index is 1070. The van der Waals surface area contributed by atoms with Gasteiger partial charge >= 0.3 is 0 Å². The molecule has 0 atom stereocenters. The van der Waals surface area contributed by atoms with Gasteiger partial charge in [-0.25, -0.2) is 0 Å². The van der Waals surface area contributed by atoms with Gasteiger partial charge in [0.2, 0.25) is 0 Å². The number of ether oxygens (including phenoxy) is 1. The molecule has 0 aliphatic carbocycles. The van der Waals surface area contributed by atoms with Gasteiger partial charge < -0.3 is 9.64 Å². The van der Waals surface area contributed by atoms with E-state index >= 15 is 0 Å². The molecule has 0 spiro atoms. The smallest absolute Gasteiger partial charge is 0.286 e. The molecule has 0 fully saturated rings. The first-order valence-electron chi connectivity index (χ1n) is 9.88. The summed E-state index contributed by atoms with van der Waals surface area (Å²) in [7, 11) is 3.34. The summed E-state index contributed by atoms with van der Waals surface area (Å²) in [6, 6.07) is 23.8. The van der Waals surface area contributed by atoms with Crippen molar-refractivity contribution in [2.75, 3.05) is 14.2 Å². The maximum atomic E-state index is 12.6. The SMILES string of the molecule is COc1ccc(CN(C)C(=O)SC(C=O)=Cc2cccc(-c3ccc(C)cc3)c2)cc1. The maximum Gasteiger partial charge on any atom is 0.286 e. The summed E-state index contributed by atoms with van der Waals surface area (Å²) < 4.78 is 5.16. The number of nitrogens with zero attached hydrogens (tertiary/aromatic N) is 1. The van der Waals surface area contributed by atoms with Crippen LogP contribution >= 0.6 is 11.8 Å². The largest absolute Gasteiger partial charge is 0.497 e. The monoisotopic (exact) mass is 431 g/mol. The number of hydrogen-bond donors (Lipinski definition) is 0. The summed E-state index contributed by atoms with van der Waals surface area (Å²) in [5, 5.41) is -0.191. The van der Waals surface area contributed by atoms with E-state index in [-0.39, 0.29) is 5.24 Å². The molecule has 3 rings (SSSR count). The minimum atomic E-state index is -0.191. The summed E-state index contributed by atoms with van der Waals surface area (Å²) in [6.45, 7) is 2.50. The molecule has 31 heavy (non-hydrogen) atoms. The number of allylic oxidation sites excluding steroid dienone is 1. The molecule has 158 valence electrons. The van der Waals surface area contributed by atoms with Crippen LogP contribution in [-0.4, -0.2) is 30.6 Å². The third kappa shape index (κ3) is 6.33. The van der Waals surface area contributed by atoms with E-state index in [1.807, 2.05) is 48.5 Å². The highest BCUT2D eigenvalue weighted by Gasteiger charge is 2.13. The highest BCUT2D eigenvalue weighted by Crippen LogP contribution is 2.25. The second-order valence-electron chi connectivity index (χ2n) is 7.23. The quantitative estimate of drug-likeness (QED) is 0.330. The van der Waals surface area contributed by atoms with Crippen LogP contribution in [0, 0.1) is 6.92 Å². The topological polar surface area (TPSA) is 46.6 Å². The molecule has 3 aromatic rings. The van der Waals surface area contributed by atoms with Crippen LogP contribution in [0.1, 0.15) is 16.7 Å². The van der Waals surface area contributed by atoms with Crippen molar-refractivity contribution in [2.24, 2.45) is 0 Å². The second kappa shape index (κ2) is 10.6. The second-order valence-corrected chi connectivity index (χ2v) is 8.25. The van der Waals surface area contributed by atoms with Crippen molar-refractivity contribution in [2.45, 2.75) is 13.5 Å². The van der Waals surface area contributed by atoms with Crippen LogP contribution in [0.2, 0.25) is 0 Å². The van der Waals surface area contributed by atoms with Gasteiger partial charge in [-0.1, -0.05) is 60.2 Å². The molecule has 0 unspecified atom stereocenters. The van der Waals surface area contributed by atoms with Gasteiger partial charge in [-0.05, 0) is 65.2 Å². The van der Waals surface area contributed by atoms with Gasteiger partial charge in [0, 0.05) is 13.6 Å². The normalized spacial score (nSPS) is 11.1. The molecule has 0 radical (unpaired) electrons. The van der Waals surface area contributed by atoms with E-state index in [1.54, 1.807) is 25.1 Å². The molecule has 3 aromatic carbocycles. The summed E-state index contributed by atoms with van der Waals surface area (Å²) in [6.07, 6.45) is 2.47. The lowest BCUT2D eigenvalue weighted by molar-refractivity contribution is -0.104. The first-order chi connectivity index (χ1) is 15.0. The average molecular weight is 432 g/mol. The van der Waals surface area contributed by atoms with Crippen molar-refractivity contribution in [3.8, 4) is 16.9 Å². The number of methoxy groups -OCH3 is 1. The fourth-order valence-electron chi connectivity index (χ4n) is 3.05. The third-order valence-corrected chi connectivity index (χ3v) is 5.73. The number of aryl methyl sites for hydroxylation is 1. The molecule has 4 nitrogen and oxygen atoms in total. The molecule has 0 aliphatic rings. The van der Waals surface area contributed by atoms with Gasteiger partial charge in [0.15, 0.2) is 6.29 Å². The molecule has 5 heteroatoms. The zero-order valence-corrected chi connectivity index (χ0v) is 18.7. The Morgan fingerprint density at radius 2 is 1.71 bits per heavy atom. The number of carbonyl (C=O) groups excluding carboxylic acids is 2. The standard InChI is InChI=1S/C26H25NO3S/c1-19-7-11-22(12-8-19)23-6-4-5-21(15-23)16-25(18-28)31-26(29)27(2)17-20-9-13-24(30-3)14-10-20/h4-16,18H,17H2,1-3H3. The number of benzene rings is 3. The van der Waals surface area contributed by atoms with Crippen molar-refractivity contribution in [1.29, 1.82) is 0 Å². The molecule has 0 bridgehead atoms. The lowest BCUT2D eigenvalue weighted by Gasteiger charge is -2.16. The van der Waals surface area contributed by atoms with Gasteiger partial charge in [-0.2, -0.15) is 0 Å². The number of amides is 1. The molecular formula is C26H25NO3S. The Morgan fingerprint density at radius 3 is 2.35 bits per heavy atom. The first kappa shape index (κ1) is 22.4. The van der Waals surface area contributed by atoms with Crippen LogP contribution in [0.15, 0.2) is 77.7 Å². The van der Waals surface area contributed by atoms with E-state index in [2.05, 4.69) is 31.2 Å². The third-order valence-electron chi connectivity index (χ3n) is 4.79. The van der Waals surface area contributed by atoms with Gasteiger partial charge in [0.05, 0.1) is 12.0 Å². The van der Waals surface area contributed by atoms with Gasteiger partial charge in [0.25, 0.3) is 5.24 Å². The highest BCUT2D eigenvalue weighted by atomic mass is 32.2. The van der Waals surface area contributed by atoms with Crippen LogP contribution in [0.4, 0.5) is 4.79 Å². The lowest BCUT2D eigenvalue weighted by Crippen LogP contribution is -2.22. The van der Waals surface area contributed by atoms with Crippen molar-refractivity contribution < 1.29 is 14.3 Å². The Morgan fingerprint density at radius 1 is 1.00 bits per heavy atom. The van der Waals surface area contributed by atoms with Gasteiger partial charge in [0.1, 0.15) is 5.75 Å². The molecule has 0 aromatic heterocycles. The van der Waals surface area contributed by atoms with Crippen LogP contribution in [0.3, 0.4) is 0 Å². The van der Waals surface area contributed by atoms with E-state index in [4.69, 9.17) is 4.74 Å².